The van der Waals surface area contributed by atoms with Crippen LogP contribution in [0.25, 0.3) is 0 Å². The monoisotopic (exact) mass is 346 g/mol. The predicted molar refractivity (Wildman–Crippen MR) is 91.4 cm³/mol. The minimum atomic E-state index is -0.811. The van der Waals surface area contributed by atoms with E-state index in [-0.39, 0.29) is 6.04 Å². The number of ether oxygens (including phenoxy) is 1. The maximum absolute atomic E-state index is 11.7. The highest BCUT2D eigenvalue weighted by atomic mass is 35.5. The summed E-state index contributed by atoms with van der Waals surface area (Å²) in [5, 5.41) is 10.2. The summed E-state index contributed by atoms with van der Waals surface area (Å²) in [5.41, 5.74) is 1.61. The minimum Gasteiger partial charge on any atom is -0.496 e. The van der Waals surface area contributed by atoms with Crippen LogP contribution < -0.4 is 4.74 Å². The maximum atomic E-state index is 11.7. The van der Waals surface area contributed by atoms with Crippen LogP contribution >= 0.6 is 11.6 Å². The molecule has 5 nitrogen and oxygen atoms in total. The lowest BCUT2D eigenvalue weighted by Gasteiger charge is -2.32. The van der Waals surface area contributed by atoms with E-state index in [1.165, 1.54) is 0 Å². The van der Waals surface area contributed by atoms with Gasteiger partial charge in [-0.15, -0.1) is 0 Å². The van der Waals surface area contributed by atoms with Crippen LogP contribution in [-0.2, 0) is 4.79 Å². The molecule has 24 heavy (non-hydrogen) atoms. The van der Waals surface area contributed by atoms with Crippen molar-refractivity contribution in [3.8, 4) is 5.75 Å². The van der Waals surface area contributed by atoms with Gasteiger partial charge in [-0.05, 0) is 43.2 Å². The van der Waals surface area contributed by atoms with Gasteiger partial charge in [0, 0.05) is 23.3 Å². The van der Waals surface area contributed by atoms with Crippen LogP contribution in [0, 0.1) is 0 Å². The molecule has 1 aliphatic heterocycles. The van der Waals surface area contributed by atoms with Crippen LogP contribution in [0.3, 0.4) is 0 Å². The number of carboxylic acids is 1. The molecule has 2 heterocycles. The number of aliphatic carboxylic acids is 1. The number of carbonyl (C=O) groups is 1. The molecule has 0 saturated carbocycles. The molecular formula is C18H19ClN2O3. The Hall–Kier alpha value is -2.11. The molecule has 0 radical (unpaired) electrons. The Morgan fingerprint density at radius 1 is 1.42 bits per heavy atom. The lowest BCUT2D eigenvalue weighted by atomic mass is 9.99. The van der Waals surface area contributed by atoms with Crippen molar-refractivity contribution in [2.24, 2.45) is 0 Å². The van der Waals surface area contributed by atoms with Crippen molar-refractivity contribution in [1.82, 2.24) is 9.88 Å². The number of pyridine rings is 1. The van der Waals surface area contributed by atoms with Crippen molar-refractivity contribution in [2.75, 3.05) is 13.7 Å². The van der Waals surface area contributed by atoms with Crippen LogP contribution in [0.4, 0.5) is 0 Å². The molecule has 126 valence electrons. The molecular weight excluding hydrogens is 328 g/mol. The number of nitrogens with zero attached hydrogens (tertiary/aromatic N) is 2. The van der Waals surface area contributed by atoms with E-state index in [4.69, 9.17) is 16.3 Å². The Bertz CT molecular complexity index is 723. The number of aromatic nitrogens is 1. The zero-order valence-electron chi connectivity index (χ0n) is 13.4. The summed E-state index contributed by atoms with van der Waals surface area (Å²) in [5.74, 6) is -0.138. The fraction of sp³-hybridized carbons (Fsp3) is 0.333. The van der Waals surface area contributed by atoms with Crippen molar-refractivity contribution in [2.45, 2.75) is 24.9 Å². The Balaban J connectivity index is 2.13. The molecule has 3 rings (SSSR count). The Morgan fingerprint density at radius 2 is 2.25 bits per heavy atom. The Kier molecular flexibility index (Phi) is 5.02. The minimum absolute atomic E-state index is 0.316. The van der Waals surface area contributed by atoms with E-state index in [0.717, 1.165) is 17.7 Å². The molecule has 0 aliphatic carbocycles. The Morgan fingerprint density at radius 3 is 2.92 bits per heavy atom. The summed E-state index contributed by atoms with van der Waals surface area (Å²) < 4.78 is 5.50. The van der Waals surface area contributed by atoms with Gasteiger partial charge in [0.2, 0.25) is 0 Å². The zero-order valence-corrected chi connectivity index (χ0v) is 14.1. The molecule has 0 spiro atoms. The molecule has 1 saturated heterocycles. The van der Waals surface area contributed by atoms with Crippen LogP contribution in [0.2, 0.25) is 5.02 Å². The number of hydrogen-bond donors (Lipinski definition) is 1. The van der Waals surface area contributed by atoms with Crippen LogP contribution in [-0.4, -0.2) is 40.7 Å². The maximum Gasteiger partial charge on any atom is 0.320 e. The second-order valence-electron chi connectivity index (χ2n) is 5.78. The van der Waals surface area contributed by atoms with Gasteiger partial charge in [-0.2, -0.15) is 0 Å². The summed E-state index contributed by atoms with van der Waals surface area (Å²) in [6, 6.07) is 10.2. The quantitative estimate of drug-likeness (QED) is 0.899. The molecule has 2 unspecified atom stereocenters. The third-order valence-corrected chi connectivity index (χ3v) is 4.60. The molecule has 0 bridgehead atoms. The molecule has 6 heteroatoms. The van der Waals surface area contributed by atoms with Gasteiger partial charge in [-0.25, -0.2) is 0 Å². The van der Waals surface area contributed by atoms with Crippen molar-refractivity contribution in [1.29, 1.82) is 0 Å². The number of likely N-dealkylation sites (tertiary alicyclic amines) is 1. The number of benzene rings is 1. The lowest BCUT2D eigenvalue weighted by molar-refractivity contribution is -0.142. The van der Waals surface area contributed by atoms with Crippen LogP contribution in [0.15, 0.2) is 42.6 Å². The predicted octanol–water partition coefficient (Wildman–Crippen LogP) is 3.38. The van der Waals surface area contributed by atoms with Gasteiger partial charge in [0.25, 0.3) is 0 Å². The largest absolute Gasteiger partial charge is 0.496 e. The zero-order chi connectivity index (χ0) is 17.1. The van der Waals surface area contributed by atoms with E-state index in [9.17, 15) is 9.90 Å². The molecule has 1 aromatic carbocycles. The van der Waals surface area contributed by atoms with E-state index >= 15 is 0 Å². The SMILES string of the molecule is COc1ccc(Cl)cc1C(c1ccccn1)N1CCCC1C(=O)O. The van der Waals surface area contributed by atoms with E-state index in [2.05, 4.69) is 4.98 Å². The van der Waals surface area contributed by atoms with E-state index < -0.39 is 12.0 Å². The van der Waals surface area contributed by atoms with Gasteiger partial charge in [0.15, 0.2) is 0 Å². The summed E-state index contributed by atoms with van der Waals surface area (Å²) >= 11 is 6.20. The fourth-order valence-corrected chi connectivity index (χ4v) is 3.51. The smallest absolute Gasteiger partial charge is 0.320 e. The third kappa shape index (κ3) is 3.23. The molecule has 1 aromatic heterocycles. The topological polar surface area (TPSA) is 62.7 Å². The highest BCUT2D eigenvalue weighted by molar-refractivity contribution is 6.30. The van der Waals surface area contributed by atoms with Crippen molar-refractivity contribution >= 4 is 17.6 Å². The molecule has 1 aliphatic rings. The van der Waals surface area contributed by atoms with Gasteiger partial charge in [-0.3, -0.25) is 14.7 Å². The number of hydrogen-bond acceptors (Lipinski definition) is 4. The van der Waals surface area contributed by atoms with E-state index in [1.807, 2.05) is 29.2 Å². The van der Waals surface area contributed by atoms with Crippen LogP contribution in [0.1, 0.15) is 30.1 Å². The first-order chi connectivity index (χ1) is 11.6. The normalized spacial score (nSPS) is 19.2. The Labute approximate surface area is 145 Å². The average molecular weight is 347 g/mol. The molecule has 0 amide bonds. The van der Waals surface area contributed by atoms with Crippen molar-refractivity contribution in [3.05, 3.63) is 58.9 Å². The first-order valence-electron chi connectivity index (χ1n) is 7.84. The summed E-state index contributed by atoms with van der Waals surface area (Å²) in [7, 11) is 1.60. The molecule has 2 atom stereocenters. The first-order valence-corrected chi connectivity index (χ1v) is 8.22. The number of rotatable bonds is 5. The van der Waals surface area contributed by atoms with Crippen molar-refractivity contribution in [3.63, 3.8) is 0 Å². The van der Waals surface area contributed by atoms with Crippen LogP contribution in [0.5, 0.6) is 5.75 Å². The van der Waals surface area contributed by atoms with E-state index in [0.29, 0.717) is 23.7 Å². The molecule has 2 aromatic rings. The molecule has 1 N–H and O–H groups in total. The van der Waals surface area contributed by atoms with Gasteiger partial charge >= 0.3 is 5.97 Å². The van der Waals surface area contributed by atoms with Crippen molar-refractivity contribution < 1.29 is 14.6 Å². The van der Waals surface area contributed by atoms with Gasteiger partial charge in [0.1, 0.15) is 11.8 Å². The van der Waals surface area contributed by atoms with Gasteiger partial charge < -0.3 is 9.84 Å². The second-order valence-corrected chi connectivity index (χ2v) is 6.21. The number of carboxylic acid groups (broad SMARTS) is 1. The lowest BCUT2D eigenvalue weighted by Crippen LogP contribution is -2.39. The average Bonchev–Trinajstić information content (AvgIpc) is 3.06. The second kappa shape index (κ2) is 7.20. The summed E-state index contributed by atoms with van der Waals surface area (Å²) in [6.45, 7) is 0.688. The standard InChI is InChI=1S/C18H19ClN2O3/c1-24-16-8-7-12(19)11-13(16)17(14-5-2-3-9-20-14)21-10-4-6-15(21)18(22)23/h2-3,5,7-9,11,15,17H,4,6,10H2,1H3,(H,22,23). The third-order valence-electron chi connectivity index (χ3n) is 4.37. The fourth-order valence-electron chi connectivity index (χ4n) is 3.33. The highest BCUT2D eigenvalue weighted by Gasteiger charge is 2.38. The number of halogens is 1. The van der Waals surface area contributed by atoms with E-state index in [1.54, 1.807) is 25.4 Å². The number of methoxy groups -OCH3 is 1. The van der Waals surface area contributed by atoms with Gasteiger partial charge in [0.05, 0.1) is 18.8 Å². The first kappa shape index (κ1) is 16.7. The summed E-state index contributed by atoms with van der Waals surface area (Å²) in [4.78, 5) is 18.1. The molecule has 1 fully saturated rings. The highest BCUT2D eigenvalue weighted by Crippen LogP contribution is 2.39. The summed E-state index contributed by atoms with van der Waals surface area (Å²) in [6.07, 6.45) is 3.18. The van der Waals surface area contributed by atoms with Gasteiger partial charge in [-0.1, -0.05) is 17.7 Å².